The third-order valence-electron chi connectivity index (χ3n) is 5.28. The summed E-state index contributed by atoms with van der Waals surface area (Å²) in [5.74, 6) is -1.06. The lowest BCUT2D eigenvalue weighted by molar-refractivity contribution is 0.0694. The third kappa shape index (κ3) is 4.94. The summed E-state index contributed by atoms with van der Waals surface area (Å²) in [6.45, 7) is 0.000821. The van der Waals surface area contributed by atoms with Crippen LogP contribution in [0.15, 0.2) is 59.8 Å². The van der Waals surface area contributed by atoms with Crippen molar-refractivity contribution in [3.05, 3.63) is 92.5 Å². The van der Waals surface area contributed by atoms with E-state index in [-0.39, 0.29) is 36.7 Å². The van der Waals surface area contributed by atoms with Crippen molar-refractivity contribution in [1.82, 2.24) is 14.5 Å². The smallest absolute Gasteiger partial charge is 0.341 e. The molecular formula is C24H21ClN3O5P. The number of hydrogen-bond donors (Lipinski definition) is 2. The zero-order valence-electron chi connectivity index (χ0n) is 17.9. The number of rotatable bonds is 8. The van der Waals surface area contributed by atoms with E-state index in [4.69, 9.17) is 16.3 Å². The lowest BCUT2D eigenvalue weighted by Gasteiger charge is -2.16. The molecule has 8 nitrogen and oxygen atoms in total. The van der Waals surface area contributed by atoms with Crippen LogP contribution in [0.25, 0.3) is 11.0 Å². The minimum atomic E-state index is -1.35. The van der Waals surface area contributed by atoms with E-state index in [1.165, 1.54) is 10.8 Å². The molecule has 0 bridgehead atoms. The molecule has 1 unspecified atom stereocenters. The maximum Gasteiger partial charge on any atom is 0.341 e. The van der Waals surface area contributed by atoms with Crippen molar-refractivity contribution < 1.29 is 19.7 Å². The fourth-order valence-corrected chi connectivity index (χ4v) is 4.08. The van der Waals surface area contributed by atoms with Crippen molar-refractivity contribution in [2.24, 2.45) is 0 Å². The number of pyridine rings is 3. The Morgan fingerprint density at radius 2 is 2.03 bits per heavy atom. The van der Waals surface area contributed by atoms with Crippen LogP contribution in [0.4, 0.5) is 0 Å². The number of aromatic carboxylic acids is 1. The number of carbonyl (C=O) groups is 1. The van der Waals surface area contributed by atoms with Gasteiger partial charge in [-0.3, -0.25) is 9.78 Å². The quantitative estimate of drug-likeness (QED) is 0.360. The molecule has 0 aliphatic heterocycles. The van der Waals surface area contributed by atoms with E-state index in [0.717, 1.165) is 16.4 Å². The predicted molar refractivity (Wildman–Crippen MR) is 132 cm³/mol. The monoisotopic (exact) mass is 497 g/mol. The Balaban J connectivity index is 1.89. The molecule has 0 radical (unpaired) electrons. The molecule has 0 aliphatic rings. The van der Waals surface area contributed by atoms with Gasteiger partial charge >= 0.3 is 5.97 Å². The van der Waals surface area contributed by atoms with E-state index in [1.807, 2.05) is 18.2 Å². The highest BCUT2D eigenvalue weighted by Gasteiger charge is 2.19. The lowest BCUT2D eigenvalue weighted by Crippen LogP contribution is -2.21. The summed E-state index contributed by atoms with van der Waals surface area (Å²) >= 11 is 6.28. The van der Waals surface area contributed by atoms with Crippen LogP contribution in [0.1, 0.15) is 27.0 Å². The molecule has 0 saturated carbocycles. The predicted octanol–water partition coefficient (Wildman–Crippen LogP) is 2.81. The van der Waals surface area contributed by atoms with E-state index in [0.29, 0.717) is 17.0 Å². The maximum absolute atomic E-state index is 13.0. The van der Waals surface area contributed by atoms with Crippen molar-refractivity contribution in [3.8, 4) is 5.88 Å². The van der Waals surface area contributed by atoms with Crippen LogP contribution in [-0.4, -0.2) is 37.3 Å². The summed E-state index contributed by atoms with van der Waals surface area (Å²) in [6.07, 6.45) is 4.88. The third-order valence-corrected chi connectivity index (χ3v) is 6.48. The first kappa shape index (κ1) is 23.8. The summed E-state index contributed by atoms with van der Waals surface area (Å²) in [6, 6.07) is 10.8. The SMILES string of the molecule is O=C(O)c1cn(CCO)c2nc(OCc3cccnc3)c(Cc3cccc(Cl)c3P)cc2c1=O. The summed E-state index contributed by atoms with van der Waals surface area (Å²) in [7, 11) is 2.61. The van der Waals surface area contributed by atoms with Crippen LogP contribution >= 0.6 is 20.8 Å². The number of fused-ring (bicyclic) bond motifs is 1. The first-order valence-electron chi connectivity index (χ1n) is 10.3. The fraction of sp³-hybridized carbons (Fsp3) is 0.167. The molecule has 0 amide bonds. The number of carboxylic acid groups (broad SMARTS) is 1. The van der Waals surface area contributed by atoms with Gasteiger partial charge in [0.15, 0.2) is 0 Å². The molecule has 4 aromatic rings. The molecule has 0 fully saturated rings. The van der Waals surface area contributed by atoms with Crippen LogP contribution in [0, 0.1) is 0 Å². The normalized spacial score (nSPS) is 11.0. The number of aliphatic hydroxyl groups is 1. The van der Waals surface area contributed by atoms with Gasteiger partial charge in [-0.15, -0.1) is 9.24 Å². The van der Waals surface area contributed by atoms with E-state index in [1.54, 1.807) is 30.6 Å². The van der Waals surface area contributed by atoms with Crippen molar-refractivity contribution in [2.75, 3.05) is 6.61 Å². The zero-order chi connectivity index (χ0) is 24.2. The number of halogens is 1. The van der Waals surface area contributed by atoms with Gasteiger partial charge in [-0.05, 0) is 29.1 Å². The molecule has 0 aliphatic carbocycles. The first-order valence-corrected chi connectivity index (χ1v) is 11.3. The minimum absolute atomic E-state index is 0.0650. The van der Waals surface area contributed by atoms with Gasteiger partial charge in [0, 0.05) is 47.7 Å². The number of aromatic nitrogens is 3. The van der Waals surface area contributed by atoms with E-state index in [2.05, 4.69) is 19.2 Å². The minimum Gasteiger partial charge on any atom is -0.477 e. The largest absolute Gasteiger partial charge is 0.477 e. The zero-order valence-corrected chi connectivity index (χ0v) is 19.9. The van der Waals surface area contributed by atoms with Crippen molar-refractivity contribution in [2.45, 2.75) is 19.6 Å². The molecule has 3 aromatic heterocycles. The molecule has 1 atom stereocenters. The molecule has 174 valence electrons. The standard InChI is InChI=1S/C24H21ClN3O5P/c25-19-5-1-4-15(21(19)34)9-16-10-17-20(30)18(24(31)32)12-28(7-8-29)22(17)27-23(16)33-13-14-3-2-6-26-11-14/h1-6,10-12,29H,7-9,13,34H2,(H,31,32). The number of carboxylic acids is 1. The molecule has 2 N–H and O–H groups in total. The summed E-state index contributed by atoms with van der Waals surface area (Å²) in [5, 5.41) is 20.5. The van der Waals surface area contributed by atoms with Gasteiger partial charge in [0.05, 0.1) is 12.0 Å². The number of hydrogen-bond acceptors (Lipinski definition) is 6. The highest BCUT2D eigenvalue weighted by Crippen LogP contribution is 2.26. The average molecular weight is 498 g/mol. The van der Waals surface area contributed by atoms with Crippen molar-refractivity contribution >= 4 is 43.1 Å². The van der Waals surface area contributed by atoms with Crippen molar-refractivity contribution in [1.29, 1.82) is 0 Å². The number of benzene rings is 1. The van der Waals surface area contributed by atoms with Gasteiger partial charge in [-0.25, -0.2) is 4.79 Å². The molecule has 0 saturated heterocycles. The fourth-order valence-electron chi connectivity index (χ4n) is 3.59. The summed E-state index contributed by atoms with van der Waals surface area (Å²) < 4.78 is 7.49. The maximum atomic E-state index is 13.0. The Labute approximate surface area is 202 Å². The second-order valence-electron chi connectivity index (χ2n) is 7.56. The number of nitrogens with zero attached hydrogens (tertiary/aromatic N) is 3. The lowest BCUT2D eigenvalue weighted by atomic mass is 10.0. The van der Waals surface area contributed by atoms with Gasteiger partial charge in [0.2, 0.25) is 11.3 Å². The Hall–Kier alpha value is -3.32. The topological polar surface area (TPSA) is 115 Å². The molecule has 3 heterocycles. The second-order valence-corrected chi connectivity index (χ2v) is 8.54. The molecular weight excluding hydrogens is 477 g/mol. The van der Waals surface area contributed by atoms with Gasteiger partial charge in [-0.1, -0.05) is 29.8 Å². The van der Waals surface area contributed by atoms with E-state index < -0.39 is 17.0 Å². The van der Waals surface area contributed by atoms with Crippen LogP contribution in [0.3, 0.4) is 0 Å². The van der Waals surface area contributed by atoms with Gasteiger partial charge in [0.25, 0.3) is 0 Å². The Morgan fingerprint density at radius 1 is 1.21 bits per heavy atom. The summed E-state index contributed by atoms with van der Waals surface area (Å²) in [5.41, 5.74) is 1.49. The first-order chi connectivity index (χ1) is 16.4. The molecule has 34 heavy (non-hydrogen) atoms. The van der Waals surface area contributed by atoms with Gasteiger partial charge < -0.3 is 19.5 Å². The molecule has 0 spiro atoms. The molecule has 1 aromatic carbocycles. The second kappa shape index (κ2) is 10.3. The van der Waals surface area contributed by atoms with E-state index in [9.17, 15) is 19.8 Å². The van der Waals surface area contributed by atoms with Crippen LogP contribution < -0.4 is 15.5 Å². The van der Waals surface area contributed by atoms with Crippen LogP contribution in [-0.2, 0) is 19.6 Å². The average Bonchev–Trinajstić information content (AvgIpc) is 2.83. The van der Waals surface area contributed by atoms with Crippen molar-refractivity contribution in [3.63, 3.8) is 0 Å². The van der Waals surface area contributed by atoms with Gasteiger partial charge in [0.1, 0.15) is 17.8 Å². The van der Waals surface area contributed by atoms with Gasteiger partial charge in [-0.2, -0.15) is 4.98 Å². The number of aliphatic hydroxyl groups excluding tert-OH is 1. The number of ether oxygens (including phenoxy) is 1. The highest BCUT2D eigenvalue weighted by molar-refractivity contribution is 7.28. The van der Waals surface area contributed by atoms with E-state index >= 15 is 0 Å². The highest BCUT2D eigenvalue weighted by atomic mass is 35.5. The summed E-state index contributed by atoms with van der Waals surface area (Å²) in [4.78, 5) is 33.3. The Morgan fingerprint density at radius 3 is 2.74 bits per heavy atom. The van der Waals surface area contributed by atoms with Crippen LogP contribution in [0.2, 0.25) is 5.02 Å². The van der Waals surface area contributed by atoms with Crippen LogP contribution in [0.5, 0.6) is 5.88 Å². The Bertz CT molecular complexity index is 1430. The molecule has 10 heteroatoms. The Kier molecular flexibility index (Phi) is 7.22. The molecule has 4 rings (SSSR count).